The molecule has 0 aliphatic carbocycles. The highest BCUT2D eigenvalue weighted by atomic mass is 32.2. The predicted molar refractivity (Wildman–Crippen MR) is 57.2 cm³/mol. The van der Waals surface area contributed by atoms with E-state index in [1.165, 1.54) is 12.1 Å². The minimum atomic E-state index is -5.29. The van der Waals surface area contributed by atoms with Crippen molar-refractivity contribution in [3.8, 4) is 0 Å². The van der Waals surface area contributed by atoms with Gasteiger partial charge in [0, 0.05) is 12.5 Å². The van der Waals surface area contributed by atoms with Crippen molar-refractivity contribution in [2.45, 2.75) is 18.3 Å². The number of benzene rings is 1. The summed E-state index contributed by atoms with van der Waals surface area (Å²) in [7, 11) is -5.29. The lowest BCUT2D eigenvalue weighted by Crippen LogP contribution is -2.40. The van der Waals surface area contributed by atoms with Gasteiger partial charge in [0.05, 0.1) is 5.69 Å². The largest absolute Gasteiger partial charge is 0.516 e. The van der Waals surface area contributed by atoms with Gasteiger partial charge in [-0.1, -0.05) is 25.1 Å². The Kier molecular flexibility index (Phi) is 2.61. The van der Waals surface area contributed by atoms with E-state index in [4.69, 9.17) is 0 Å². The summed E-state index contributed by atoms with van der Waals surface area (Å²) in [6.45, 7) is 1.53. The van der Waals surface area contributed by atoms with Crippen LogP contribution in [0, 0.1) is 0 Å². The molecule has 0 aromatic heterocycles. The highest BCUT2D eigenvalue weighted by Crippen LogP contribution is 2.41. The molecule has 0 fully saturated rings. The summed E-state index contributed by atoms with van der Waals surface area (Å²) in [5.41, 5.74) is -4.51. The van der Waals surface area contributed by atoms with Gasteiger partial charge in [-0.3, -0.25) is 4.31 Å². The van der Waals surface area contributed by atoms with Crippen LogP contribution in [0.15, 0.2) is 24.3 Å². The highest BCUT2D eigenvalue weighted by molar-refractivity contribution is 7.93. The molecule has 0 saturated carbocycles. The minimum absolute atomic E-state index is 0.123. The lowest BCUT2D eigenvalue weighted by Gasteiger charge is -2.20. The summed E-state index contributed by atoms with van der Waals surface area (Å²) in [6.07, 6.45) is 0. The Morgan fingerprint density at radius 3 is 2.47 bits per heavy atom. The molecule has 2 rings (SSSR count). The molecule has 17 heavy (non-hydrogen) atoms. The second-order valence-corrected chi connectivity index (χ2v) is 5.80. The van der Waals surface area contributed by atoms with E-state index >= 15 is 0 Å². The van der Waals surface area contributed by atoms with Gasteiger partial charge in [-0.05, 0) is 11.6 Å². The van der Waals surface area contributed by atoms with Crippen LogP contribution in [-0.2, 0) is 10.0 Å². The van der Waals surface area contributed by atoms with Crippen molar-refractivity contribution < 1.29 is 21.6 Å². The minimum Gasteiger partial charge on any atom is -0.262 e. The van der Waals surface area contributed by atoms with Gasteiger partial charge < -0.3 is 0 Å². The zero-order valence-corrected chi connectivity index (χ0v) is 9.72. The Morgan fingerprint density at radius 1 is 1.29 bits per heavy atom. The molecule has 0 bridgehead atoms. The number of alkyl halides is 3. The van der Waals surface area contributed by atoms with Crippen LogP contribution in [0.1, 0.15) is 18.4 Å². The van der Waals surface area contributed by atoms with Crippen molar-refractivity contribution in [2.75, 3.05) is 10.8 Å². The molecule has 94 valence electrons. The number of nitrogens with zero attached hydrogens (tertiary/aromatic N) is 1. The van der Waals surface area contributed by atoms with Gasteiger partial charge in [-0.15, -0.1) is 0 Å². The van der Waals surface area contributed by atoms with E-state index in [1.54, 1.807) is 19.1 Å². The maximum Gasteiger partial charge on any atom is 0.516 e. The molecule has 0 N–H and O–H groups in total. The standard InChI is InChI=1S/C10H10F3NO2S/c1-7-6-14(17(15,16)10(11,12)13)9-5-3-2-4-8(7)9/h2-5,7H,6H2,1H3/t7-/m1/s1. The van der Waals surface area contributed by atoms with Crippen LogP contribution in [0.4, 0.5) is 18.9 Å². The molecule has 1 aromatic carbocycles. The first kappa shape index (κ1) is 12.2. The smallest absolute Gasteiger partial charge is 0.262 e. The fraction of sp³-hybridized carbons (Fsp3) is 0.400. The predicted octanol–water partition coefficient (Wildman–Crippen LogP) is 2.46. The van der Waals surface area contributed by atoms with E-state index in [0.29, 0.717) is 9.87 Å². The van der Waals surface area contributed by atoms with Gasteiger partial charge in [-0.25, -0.2) is 0 Å². The Bertz CT molecular complexity index is 539. The van der Waals surface area contributed by atoms with Crippen molar-refractivity contribution in [3.05, 3.63) is 29.8 Å². The molecule has 7 heteroatoms. The molecule has 1 aromatic rings. The fourth-order valence-corrected chi connectivity index (χ4v) is 3.02. The van der Waals surface area contributed by atoms with Gasteiger partial charge >= 0.3 is 15.5 Å². The number of hydrogen-bond acceptors (Lipinski definition) is 2. The first-order valence-electron chi connectivity index (χ1n) is 4.93. The first-order chi connectivity index (χ1) is 7.75. The monoisotopic (exact) mass is 265 g/mol. The number of sulfonamides is 1. The molecule has 1 aliphatic heterocycles. The van der Waals surface area contributed by atoms with E-state index in [2.05, 4.69) is 0 Å². The summed E-state index contributed by atoms with van der Waals surface area (Å²) in [6, 6.07) is 6.24. The number of halogens is 3. The zero-order chi connectivity index (χ0) is 12.8. The van der Waals surface area contributed by atoms with E-state index in [9.17, 15) is 21.6 Å². The van der Waals surface area contributed by atoms with Crippen molar-refractivity contribution in [3.63, 3.8) is 0 Å². The van der Waals surface area contributed by atoms with Crippen LogP contribution >= 0.6 is 0 Å². The van der Waals surface area contributed by atoms with Crippen LogP contribution in [0.2, 0.25) is 0 Å². The number of hydrogen-bond donors (Lipinski definition) is 0. The third-order valence-corrected chi connectivity index (χ3v) is 4.27. The van der Waals surface area contributed by atoms with Crippen molar-refractivity contribution >= 4 is 15.7 Å². The fourth-order valence-electron chi connectivity index (χ4n) is 1.93. The highest BCUT2D eigenvalue weighted by Gasteiger charge is 2.52. The Balaban J connectivity index is 2.53. The SMILES string of the molecule is C[C@@H]1CN(S(=O)(=O)C(F)(F)F)c2ccccc21. The summed E-state index contributed by atoms with van der Waals surface area (Å²) >= 11 is 0. The van der Waals surface area contributed by atoms with E-state index < -0.39 is 15.5 Å². The number of anilines is 1. The lowest BCUT2D eigenvalue weighted by atomic mass is 10.0. The quantitative estimate of drug-likeness (QED) is 0.782. The molecule has 1 atom stereocenters. The van der Waals surface area contributed by atoms with Crippen molar-refractivity contribution in [1.29, 1.82) is 0 Å². The number of rotatable bonds is 1. The van der Waals surface area contributed by atoms with E-state index in [-0.39, 0.29) is 18.2 Å². The molecule has 0 radical (unpaired) electrons. The molecular formula is C10H10F3NO2S. The molecular weight excluding hydrogens is 255 g/mol. The molecule has 0 amide bonds. The maximum atomic E-state index is 12.5. The summed E-state index contributed by atoms with van der Waals surface area (Å²) in [5.74, 6) is -0.233. The van der Waals surface area contributed by atoms with Gasteiger partial charge in [-0.2, -0.15) is 21.6 Å². The topological polar surface area (TPSA) is 37.4 Å². The molecule has 0 saturated heterocycles. The van der Waals surface area contributed by atoms with Crippen molar-refractivity contribution in [1.82, 2.24) is 0 Å². The Hall–Kier alpha value is -1.24. The Labute approximate surface area is 96.9 Å². The molecule has 1 aliphatic rings. The third-order valence-electron chi connectivity index (χ3n) is 2.76. The van der Waals surface area contributed by atoms with E-state index in [0.717, 1.165) is 0 Å². The summed E-state index contributed by atoms with van der Waals surface area (Å²) in [4.78, 5) is 0. The van der Waals surface area contributed by atoms with Gasteiger partial charge in [0.15, 0.2) is 0 Å². The van der Waals surface area contributed by atoms with Gasteiger partial charge in [0.25, 0.3) is 0 Å². The molecule has 1 heterocycles. The second kappa shape index (κ2) is 3.63. The van der Waals surface area contributed by atoms with Crippen LogP contribution in [-0.4, -0.2) is 20.5 Å². The molecule has 3 nitrogen and oxygen atoms in total. The normalized spacial score (nSPS) is 20.5. The van der Waals surface area contributed by atoms with Crippen LogP contribution < -0.4 is 4.31 Å². The van der Waals surface area contributed by atoms with Crippen LogP contribution in [0.3, 0.4) is 0 Å². The van der Waals surface area contributed by atoms with Gasteiger partial charge in [0.1, 0.15) is 0 Å². The van der Waals surface area contributed by atoms with Crippen LogP contribution in [0.5, 0.6) is 0 Å². The number of fused-ring (bicyclic) bond motifs is 1. The third kappa shape index (κ3) is 1.78. The lowest BCUT2D eigenvalue weighted by molar-refractivity contribution is -0.0438. The zero-order valence-electron chi connectivity index (χ0n) is 8.90. The van der Waals surface area contributed by atoms with Gasteiger partial charge in [0.2, 0.25) is 0 Å². The van der Waals surface area contributed by atoms with E-state index in [1.807, 2.05) is 0 Å². The van der Waals surface area contributed by atoms with Crippen molar-refractivity contribution in [2.24, 2.45) is 0 Å². The average molecular weight is 265 g/mol. The number of para-hydroxylation sites is 1. The average Bonchev–Trinajstić information content (AvgIpc) is 2.56. The van der Waals surface area contributed by atoms with Crippen LogP contribution in [0.25, 0.3) is 0 Å². The summed E-state index contributed by atoms with van der Waals surface area (Å²) < 4.78 is 60.6. The Morgan fingerprint density at radius 2 is 1.88 bits per heavy atom. The molecule has 0 unspecified atom stereocenters. The molecule has 0 spiro atoms. The second-order valence-electron chi connectivity index (χ2n) is 3.94. The maximum absolute atomic E-state index is 12.5. The summed E-state index contributed by atoms with van der Waals surface area (Å²) in [5, 5.41) is 0. The first-order valence-corrected chi connectivity index (χ1v) is 6.37.